The first-order chi connectivity index (χ1) is 11.4. The lowest BCUT2D eigenvalue weighted by atomic mass is 10.0. The maximum atomic E-state index is 11.9. The van der Waals surface area contributed by atoms with Gasteiger partial charge in [0, 0.05) is 0 Å². The molecule has 128 valence electrons. The van der Waals surface area contributed by atoms with Crippen LogP contribution in [-0.2, 0) is 16.1 Å². The highest BCUT2D eigenvalue weighted by molar-refractivity contribution is 6.42. The Hall–Kier alpha value is -1.71. The summed E-state index contributed by atoms with van der Waals surface area (Å²) in [6, 6.07) is 11.1. The molecule has 0 amide bonds. The van der Waals surface area contributed by atoms with Gasteiger partial charge < -0.3 is 9.47 Å². The second-order valence-electron chi connectivity index (χ2n) is 5.89. The zero-order chi connectivity index (χ0) is 17.7. The number of esters is 1. The zero-order valence-corrected chi connectivity index (χ0v) is 15.4. The molecule has 2 rings (SSSR count). The Morgan fingerprint density at radius 3 is 2.50 bits per heavy atom. The van der Waals surface area contributed by atoms with Crippen molar-refractivity contribution in [1.29, 1.82) is 0 Å². The van der Waals surface area contributed by atoms with Crippen molar-refractivity contribution in [2.24, 2.45) is 0 Å². The first-order valence-corrected chi connectivity index (χ1v) is 8.45. The van der Waals surface area contributed by atoms with E-state index in [2.05, 4.69) is 13.8 Å². The SMILES string of the molecule is Cc1ccc(C(C)C)c(OCC(=O)OCc2ccc(Cl)c(Cl)c2)c1. The fourth-order valence-corrected chi connectivity index (χ4v) is 2.54. The second kappa shape index (κ2) is 8.41. The van der Waals surface area contributed by atoms with Gasteiger partial charge in [0.15, 0.2) is 6.61 Å². The van der Waals surface area contributed by atoms with Crippen LogP contribution in [0.5, 0.6) is 5.75 Å². The maximum Gasteiger partial charge on any atom is 0.344 e. The standard InChI is InChI=1S/C19H20Cl2O3/c1-12(2)15-6-4-13(3)8-18(15)23-11-19(22)24-10-14-5-7-16(20)17(21)9-14/h4-9,12H,10-11H2,1-3H3. The van der Waals surface area contributed by atoms with Gasteiger partial charge in [-0.05, 0) is 47.7 Å². The van der Waals surface area contributed by atoms with Gasteiger partial charge in [0.2, 0.25) is 0 Å². The molecule has 0 fully saturated rings. The van der Waals surface area contributed by atoms with Gasteiger partial charge >= 0.3 is 5.97 Å². The van der Waals surface area contributed by atoms with E-state index >= 15 is 0 Å². The summed E-state index contributed by atoms with van der Waals surface area (Å²) in [5.74, 6) is 0.599. The predicted octanol–water partition coefficient (Wildman–Crippen LogP) is 5.55. The van der Waals surface area contributed by atoms with E-state index in [9.17, 15) is 4.79 Å². The van der Waals surface area contributed by atoms with Gasteiger partial charge in [-0.2, -0.15) is 0 Å². The Morgan fingerprint density at radius 2 is 1.83 bits per heavy atom. The predicted molar refractivity (Wildman–Crippen MR) is 97.0 cm³/mol. The van der Waals surface area contributed by atoms with Crippen molar-refractivity contribution in [3.63, 3.8) is 0 Å². The number of carbonyl (C=O) groups excluding carboxylic acids is 1. The van der Waals surface area contributed by atoms with Crippen LogP contribution in [0.1, 0.15) is 36.5 Å². The summed E-state index contributed by atoms with van der Waals surface area (Å²) in [6.07, 6.45) is 0. The summed E-state index contributed by atoms with van der Waals surface area (Å²) < 4.78 is 10.9. The lowest BCUT2D eigenvalue weighted by Gasteiger charge is -2.14. The highest BCUT2D eigenvalue weighted by atomic mass is 35.5. The smallest absolute Gasteiger partial charge is 0.344 e. The fraction of sp³-hybridized carbons (Fsp3) is 0.316. The van der Waals surface area contributed by atoms with E-state index in [4.69, 9.17) is 32.7 Å². The molecule has 0 aromatic heterocycles. The van der Waals surface area contributed by atoms with E-state index in [1.807, 2.05) is 25.1 Å². The Bertz CT molecular complexity index is 727. The van der Waals surface area contributed by atoms with E-state index in [-0.39, 0.29) is 13.2 Å². The molecule has 5 heteroatoms. The Morgan fingerprint density at radius 1 is 1.08 bits per heavy atom. The highest BCUT2D eigenvalue weighted by Crippen LogP contribution is 2.27. The van der Waals surface area contributed by atoms with Crippen LogP contribution in [-0.4, -0.2) is 12.6 Å². The fourth-order valence-electron chi connectivity index (χ4n) is 2.22. The molecule has 0 saturated heterocycles. The van der Waals surface area contributed by atoms with E-state index in [0.717, 1.165) is 22.4 Å². The molecule has 2 aromatic carbocycles. The minimum absolute atomic E-state index is 0.129. The molecule has 3 nitrogen and oxygen atoms in total. The molecule has 24 heavy (non-hydrogen) atoms. The van der Waals surface area contributed by atoms with Crippen molar-refractivity contribution in [3.8, 4) is 5.75 Å². The topological polar surface area (TPSA) is 35.5 Å². The summed E-state index contributed by atoms with van der Waals surface area (Å²) in [4.78, 5) is 11.9. The lowest BCUT2D eigenvalue weighted by Crippen LogP contribution is -2.15. The summed E-state index contributed by atoms with van der Waals surface area (Å²) in [5.41, 5.74) is 2.92. The number of hydrogen-bond acceptors (Lipinski definition) is 3. The molecule has 0 unspecified atom stereocenters. The number of benzene rings is 2. The molecular formula is C19H20Cl2O3. The van der Waals surface area contributed by atoms with Crippen LogP contribution in [0.2, 0.25) is 10.0 Å². The molecule has 2 aromatic rings. The van der Waals surface area contributed by atoms with E-state index in [1.54, 1.807) is 18.2 Å². The van der Waals surface area contributed by atoms with Crippen molar-refractivity contribution in [2.45, 2.75) is 33.3 Å². The van der Waals surface area contributed by atoms with Gasteiger partial charge in [0.25, 0.3) is 0 Å². The largest absolute Gasteiger partial charge is 0.482 e. The van der Waals surface area contributed by atoms with Crippen LogP contribution in [0, 0.1) is 6.92 Å². The first kappa shape index (κ1) is 18.6. The minimum atomic E-state index is -0.433. The monoisotopic (exact) mass is 366 g/mol. The Labute approximate surface area is 152 Å². The highest BCUT2D eigenvalue weighted by Gasteiger charge is 2.11. The summed E-state index contributed by atoms with van der Waals surface area (Å²) in [6.45, 7) is 6.15. The van der Waals surface area contributed by atoms with Gasteiger partial charge in [0.05, 0.1) is 10.0 Å². The lowest BCUT2D eigenvalue weighted by molar-refractivity contribution is -0.147. The van der Waals surface area contributed by atoms with Crippen LogP contribution in [0.15, 0.2) is 36.4 Å². The quantitative estimate of drug-likeness (QED) is 0.628. The third-order valence-electron chi connectivity index (χ3n) is 3.52. The Balaban J connectivity index is 1.91. The molecule has 0 saturated carbocycles. The van der Waals surface area contributed by atoms with Crippen molar-refractivity contribution in [3.05, 3.63) is 63.1 Å². The molecule has 0 N–H and O–H groups in total. The minimum Gasteiger partial charge on any atom is -0.482 e. The number of halogens is 2. The van der Waals surface area contributed by atoms with Crippen LogP contribution in [0.4, 0.5) is 0 Å². The van der Waals surface area contributed by atoms with Gasteiger partial charge in [-0.3, -0.25) is 0 Å². The third-order valence-corrected chi connectivity index (χ3v) is 4.26. The number of carbonyl (C=O) groups is 1. The van der Waals surface area contributed by atoms with Gasteiger partial charge in [-0.25, -0.2) is 4.79 Å². The van der Waals surface area contributed by atoms with Gasteiger partial charge in [-0.15, -0.1) is 0 Å². The normalized spacial score (nSPS) is 10.8. The van der Waals surface area contributed by atoms with Crippen LogP contribution < -0.4 is 4.74 Å². The molecule has 0 aliphatic rings. The Kier molecular flexibility index (Phi) is 6.52. The summed E-state index contributed by atoms with van der Waals surface area (Å²) in [7, 11) is 0. The maximum absolute atomic E-state index is 11.9. The molecule has 0 heterocycles. The number of ether oxygens (including phenoxy) is 2. The number of rotatable bonds is 6. The second-order valence-corrected chi connectivity index (χ2v) is 6.71. The number of aryl methyl sites for hydroxylation is 1. The molecule has 0 atom stereocenters. The van der Waals surface area contributed by atoms with Crippen molar-refractivity contribution in [2.75, 3.05) is 6.61 Å². The third kappa shape index (κ3) is 5.15. The van der Waals surface area contributed by atoms with Gasteiger partial charge in [-0.1, -0.05) is 55.2 Å². The average Bonchev–Trinajstić information content (AvgIpc) is 2.53. The van der Waals surface area contributed by atoms with Crippen molar-refractivity contribution < 1.29 is 14.3 Å². The van der Waals surface area contributed by atoms with E-state index in [1.165, 1.54) is 0 Å². The first-order valence-electron chi connectivity index (χ1n) is 7.69. The average molecular weight is 367 g/mol. The molecule has 0 spiro atoms. The molecule has 0 aliphatic carbocycles. The van der Waals surface area contributed by atoms with Crippen LogP contribution >= 0.6 is 23.2 Å². The summed E-state index contributed by atoms with van der Waals surface area (Å²) in [5, 5.41) is 0.901. The van der Waals surface area contributed by atoms with E-state index < -0.39 is 5.97 Å². The zero-order valence-electron chi connectivity index (χ0n) is 13.9. The van der Waals surface area contributed by atoms with Crippen molar-refractivity contribution in [1.82, 2.24) is 0 Å². The van der Waals surface area contributed by atoms with Crippen molar-refractivity contribution >= 4 is 29.2 Å². The molecular weight excluding hydrogens is 347 g/mol. The summed E-state index contributed by atoms with van der Waals surface area (Å²) >= 11 is 11.8. The van der Waals surface area contributed by atoms with Crippen LogP contribution in [0.3, 0.4) is 0 Å². The van der Waals surface area contributed by atoms with Gasteiger partial charge in [0.1, 0.15) is 12.4 Å². The number of hydrogen-bond donors (Lipinski definition) is 0. The molecule has 0 radical (unpaired) electrons. The van der Waals surface area contributed by atoms with Crippen LogP contribution in [0.25, 0.3) is 0 Å². The molecule has 0 bridgehead atoms. The molecule has 0 aliphatic heterocycles. The van der Waals surface area contributed by atoms with E-state index in [0.29, 0.717) is 16.0 Å².